The monoisotopic (exact) mass is 201 g/mol. The van der Waals surface area contributed by atoms with Gasteiger partial charge in [0, 0.05) is 17.8 Å². The molecule has 0 aliphatic carbocycles. The number of rotatable bonds is 0. The molecule has 15 heavy (non-hydrogen) atoms. The summed E-state index contributed by atoms with van der Waals surface area (Å²) >= 11 is 0. The Morgan fingerprint density at radius 1 is 1.13 bits per heavy atom. The van der Waals surface area contributed by atoms with Gasteiger partial charge in [0.1, 0.15) is 5.75 Å². The largest absolute Gasteiger partial charge is 0.508 e. The molecule has 1 aromatic carbocycles. The molecule has 0 amide bonds. The van der Waals surface area contributed by atoms with Crippen molar-refractivity contribution >= 4 is 10.8 Å². The average Bonchev–Trinajstić information content (AvgIpc) is 2.15. The van der Waals surface area contributed by atoms with Crippen molar-refractivity contribution < 1.29 is 5.11 Å². The fourth-order valence-electron chi connectivity index (χ4n) is 1.72. The lowest BCUT2D eigenvalue weighted by Crippen LogP contribution is -2.11. The maximum atomic E-state index is 9.92. The molecule has 2 nitrogen and oxygen atoms in total. The lowest BCUT2D eigenvalue weighted by atomic mass is 9.85. The average molecular weight is 201 g/mol. The third kappa shape index (κ3) is 1.80. The van der Waals surface area contributed by atoms with Gasteiger partial charge in [-0.25, -0.2) is 0 Å². The number of nitrogens with zero attached hydrogens (tertiary/aromatic N) is 1. The summed E-state index contributed by atoms with van der Waals surface area (Å²) in [5.74, 6) is 0.362. The molecule has 0 aliphatic rings. The molecule has 2 rings (SSSR count). The van der Waals surface area contributed by atoms with Crippen LogP contribution in [0, 0.1) is 0 Å². The highest BCUT2D eigenvalue weighted by Gasteiger charge is 2.18. The van der Waals surface area contributed by atoms with Crippen molar-refractivity contribution in [1.82, 2.24) is 4.98 Å². The van der Waals surface area contributed by atoms with Crippen LogP contribution in [0.2, 0.25) is 0 Å². The minimum atomic E-state index is -0.0475. The lowest BCUT2D eigenvalue weighted by molar-refractivity contribution is 0.448. The van der Waals surface area contributed by atoms with Crippen molar-refractivity contribution in [2.24, 2.45) is 0 Å². The summed E-state index contributed by atoms with van der Waals surface area (Å²) in [7, 11) is 0. The number of hydrogen-bond donors (Lipinski definition) is 1. The Morgan fingerprint density at radius 3 is 2.53 bits per heavy atom. The quantitative estimate of drug-likeness (QED) is 0.709. The first-order chi connectivity index (χ1) is 6.98. The summed E-state index contributed by atoms with van der Waals surface area (Å²) in [6, 6.07) is 5.72. The van der Waals surface area contributed by atoms with E-state index in [4.69, 9.17) is 0 Å². The van der Waals surface area contributed by atoms with E-state index in [0.717, 1.165) is 16.3 Å². The van der Waals surface area contributed by atoms with Gasteiger partial charge in [-0.05, 0) is 34.6 Å². The van der Waals surface area contributed by atoms with Crippen LogP contribution in [0.3, 0.4) is 0 Å². The molecule has 0 fully saturated rings. The molecule has 1 aromatic heterocycles. The molecule has 0 unspecified atom stereocenters. The van der Waals surface area contributed by atoms with Gasteiger partial charge in [0.15, 0.2) is 0 Å². The zero-order valence-electron chi connectivity index (χ0n) is 9.28. The topological polar surface area (TPSA) is 33.1 Å². The fraction of sp³-hybridized carbons (Fsp3) is 0.308. The summed E-state index contributed by atoms with van der Waals surface area (Å²) in [6.07, 6.45) is 3.56. The molecule has 1 N–H and O–H groups in total. The molecule has 2 aromatic rings. The summed E-state index contributed by atoms with van der Waals surface area (Å²) in [6.45, 7) is 6.26. The summed E-state index contributed by atoms with van der Waals surface area (Å²) in [4.78, 5) is 4.08. The van der Waals surface area contributed by atoms with Crippen LogP contribution in [0.4, 0.5) is 0 Å². The van der Waals surface area contributed by atoms with Crippen LogP contribution in [-0.2, 0) is 5.41 Å². The number of phenolic OH excluding ortho intramolecular Hbond substituents is 1. The van der Waals surface area contributed by atoms with Crippen LogP contribution in [0.15, 0.2) is 30.6 Å². The van der Waals surface area contributed by atoms with Gasteiger partial charge < -0.3 is 5.11 Å². The predicted octanol–water partition coefficient (Wildman–Crippen LogP) is 3.24. The van der Waals surface area contributed by atoms with Crippen LogP contribution in [-0.4, -0.2) is 10.1 Å². The van der Waals surface area contributed by atoms with Crippen molar-refractivity contribution in [2.45, 2.75) is 26.2 Å². The van der Waals surface area contributed by atoms with Gasteiger partial charge in [-0.2, -0.15) is 0 Å². The number of phenols is 1. The smallest absolute Gasteiger partial charge is 0.119 e. The van der Waals surface area contributed by atoms with E-state index in [1.807, 2.05) is 18.3 Å². The minimum Gasteiger partial charge on any atom is -0.508 e. The van der Waals surface area contributed by atoms with Crippen LogP contribution >= 0.6 is 0 Å². The number of fused-ring (bicyclic) bond motifs is 1. The number of benzene rings is 1. The number of pyridine rings is 1. The molecule has 0 atom stereocenters. The molecule has 0 aliphatic heterocycles. The maximum Gasteiger partial charge on any atom is 0.119 e. The number of aromatic hydroxyl groups is 1. The highest BCUT2D eigenvalue weighted by atomic mass is 16.3. The zero-order valence-corrected chi connectivity index (χ0v) is 9.28. The van der Waals surface area contributed by atoms with Crippen molar-refractivity contribution in [3.8, 4) is 5.75 Å². The Balaban J connectivity index is 2.73. The van der Waals surface area contributed by atoms with E-state index in [0.29, 0.717) is 5.75 Å². The molecule has 0 saturated heterocycles. The molecule has 0 spiro atoms. The van der Waals surface area contributed by atoms with Crippen LogP contribution in [0.1, 0.15) is 26.3 Å². The molecule has 0 saturated carbocycles. The van der Waals surface area contributed by atoms with E-state index in [2.05, 4.69) is 25.8 Å². The second kappa shape index (κ2) is 3.23. The van der Waals surface area contributed by atoms with E-state index in [-0.39, 0.29) is 5.41 Å². The molecular weight excluding hydrogens is 186 g/mol. The molecule has 2 heteroatoms. The second-order valence-corrected chi connectivity index (χ2v) is 4.84. The highest BCUT2D eigenvalue weighted by Crippen LogP contribution is 2.33. The third-order valence-corrected chi connectivity index (χ3v) is 2.56. The van der Waals surface area contributed by atoms with E-state index in [9.17, 15) is 5.11 Å². The van der Waals surface area contributed by atoms with Crippen LogP contribution in [0.5, 0.6) is 5.75 Å². The molecule has 1 heterocycles. The van der Waals surface area contributed by atoms with Gasteiger partial charge in [-0.15, -0.1) is 0 Å². The second-order valence-electron chi connectivity index (χ2n) is 4.84. The Labute approximate surface area is 89.6 Å². The normalized spacial score (nSPS) is 11.9. The van der Waals surface area contributed by atoms with Crippen molar-refractivity contribution in [2.75, 3.05) is 0 Å². The van der Waals surface area contributed by atoms with Crippen LogP contribution in [0.25, 0.3) is 10.8 Å². The fourth-order valence-corrected chi connectivity index (χ4v) is 1.72. The van der Waals surface area contributed by atoms with Gasteiger partial charge in [-0.1, -0.05) is 20.8 Å². The predicted molar refractivity (Wildman–Crippen MR) is 62.1 cm³/mol. The minimum absolute atomic E-state index is 0.0475. The van der Waals surface area contributed by atoms with Crippen molar-refractivity contribution in [1.29, 1.82) is 0 Å². The lowest BCUT2D eigenvalue weighted by Gasteiger charge is -2.20. The Kier molecular flexibility index (Phi) is 2.14. The van der Waals surface area contributed by atoms with Crippen molar-refractivity contribution in [3.63, 3.8) is 0 Å². The molecular formula is C13H15NO. The highest BCUT2D eigenvalue weighted by molar-refractivity contribution is 5.84. The van der Waals surface area contributed by atoms with E-state index < -0.39 is 0 Å². The standard InChI is InChI=1S/C13H15NO/c1-13(2,3)11-6-10-8-14-5-4-9(10)7-12(11)15/h4-8,15H,1-3H3. The van der Waals surface area contributed by atoms with Gasteiger partial charge in [0.05, 0.1) is 0 Å². The molecule has 0 bridgehead atoms. The first kappa shape index (κ1) is 9.97. The first-order valence-electron chi connectivity index (χ1n) is 5.06. The first-order valence-corrected chi connectivity index (χ1v) is 5.06. The number of aromatic nitrogens is 1. The summed E-state index contributed by atoms with van der Waals surface area (Å²) in [5, 5.41) is 12.0. The Bertz CT molecular complexity index is 497. The summed E-state index contributed by atoms with van der Waals surface area (Å²) in [5.41, 5.74) is 0.914. The molecule has 78 valence electrons. The maximum absolute atomic E-state index is 9.92. The van der Waals surface area contributed by atoms with Crippen molar-refractivity contribution in [3.05, 3.63) is 36.2 Å². The number of hydrogen-bond acceptors (Lipinski definition) is 2. The SMILES string of the molecule is CC(C)(C)c1cc2cnccc2cc1O. The van der Waals surface area contributed by atoms with Gasteiger partial charge in [0.2, 0.25) is 0 Å². The Morgan fingerprint density at radius 2 is 1.87 bits per heavy atom. The zero-order chi connectivity index (χ0) is 11.1. The van der Waals surface area contributed by atoms with Gasteiger partial charge in [0.25, 0.3) is 0 Å². The van der Waals surface area contributed by atoms with Gasteiger partial charge >= 0.3 is 0 Å². The third-order valence-electron chi connectivity index (χ3n) is 2.56. The Hall–Kier alpha value is -1.57. The molecule has 0 radical (unpaired) electrons. The van der Waals surface area contributed by atoms with Gasteiger partial charge in [-0.3, -0.25) is 4.98 Å². The van der Waals surface area contributed by atoms with E-state index in [1.54, 1.807) is 12.3 Å². The van der Waals surface area contributed by atoms with E-state index >= 15 is 0 Å². The van der Waals surface area contributed by atoms with E-state index in [1.165, 1.54) is 0 Å². The summed E-state index contributed by atoms with van der Waals surface area (Å²) < 4.78 is 0. The van der Waals surface area contributed by atoms with Crippen LogP contribution < -0.4 is 0 Å².